The van der Waals surface area contributed by atoms with Crippen molar-refractivity contribution in [3.8, 4) is 0 Å². The van der Waals surface area contributed by atoms with Gasteiger partial charge in [-0.05, 0) is 0 Å². The summed E-state index contributed by atoms with van der Waals surface area (Å²) in [6.45, 7) is 2.72. The zero-order valence-electron chi connectivity index (χ0n) is 3.77. The second-order valence-electron chi connectivity index (χ2n) is 0.905. The average molecular weight is 137 g/mol. The van der Waals surface area contributed by atoms with E-state index in [1.807, 2.05) is 0 Å². The fraction of sp³-hybridized carbons (Fsp3) is 0. The molecule has 0 aromatic heterocycles. The van der Waals surface area contributed by atoms with E-state index >= 15 is 0 Å². The second kappa shape index (κ2) is 1.91. The third kappa shape index (κ3) is 1.30. The molecule has 0 spiro atoms. The van der Waals surface area contributed by atoms with Crippen molar-refractivity contribution in [1.29, 1.82) is 0 Å². The molecule has 46 valence electrons. The third-order valence-corrected chi connectivity index (χ3v) is 1.26. The zero-order chi connectivity index (χ0) is 6.78. The molecule has 5 nitrogen and oxygen atoms in total. The Kier molecular flexibility index (Phi) is 1.69. The molecule has 0 atom stereocenters. The first-order valence-electron chi connectivity index (χ1n) is 1.53. The van der Waals surface area contributed by atoms with E-state index in [-0.39, 0.29) is 5.41 Å². The van der Waals surface area contributed by atoms with Gasteiger partial charge in [-0.2, -0.15) is 8.42 Å². The lowest BCUT2D eigenvalue weighted by Gasteiger charge is -1.80. The van der Waals surface area contributed by atoms with E-state index in [0.29, 0.717) is 0 Å². The van der Waals surface area contributed by atoms with Crippen LogP contribution in [-0.4, -0.2) is 12.7 Å². The van der Waals surface area contributed by atoms with Crippen LogP contribution in [0.4, 0.5) is 0 Å². The lowest BCUT2D eigenvalue weighted by molar-refractivity contribution is -0.302. The summed E-state index contributed by atoms with van der Waals surface area (Å²) in [5.41, 5.74) is 0. The number of nitrogens with zero attached hydrogens (tertiary/aromatic N) is 1. The predicted molar refractivity (Wildman–Crippen MR) is 26.1 cm³/mol. The molecular weight excluding hydrogens is 134 g/mol. The molecular formula is C2H3NO4S. The van der Waals surface area contributed by atoms with Crippen LogP contribution < -0.4 is 0 Å². The van der Waals surface area contributed by atoms with Crippen LogP contribution in [-0.2, 0) is 10.0 Å². The van der Waals surface area contributed by atoms with Crippen LogP contribution in [0.3, 0.4) is 0 Å². The maximum absolute atomic E-state index is 9.88. The fourth-order valence-corrected chi connectivity index (χ4v) is 0.183. The Morgan fingerprint density at radius 3 is 2.00 bits per heavy atom. The van der Waals surface area contributed by atoms with Crippen LogP contribution in [0.2, 0.25) is 0 Å². The Hall–Kier alpha value is -0.910. The molecule has 0 bridgehead atoms. The quantitative estimate of drug-likeness (QED) is 0.388. The zero-order valence-corrected chi connectivity index (χ0v) is 4.59. The first kappa shape index (κ1) is 7.09. The van der Waals surface area contributed by atoms with E-state index in [2.05, 4.69) is 6.58 Å². The molecule has 0 rings (SSSR count). The number of rotatable bonds is 2. The summed E-state index contributed by atoms with van der Waals surface area (Å²) in [6, 6.07) is 0. The van der Waals surface area contributed by atoms with Gasteiger partial charge in [-0.3, -0.25) is 0 Å². The van der Waals surface area contributed by atoms with Gasteiger partial charge in [0.05, 0.1) is 5.41 Å². The van der Waals surface area contributed by atoms with Gasteiger partial charge in [0, 0.05) is 0 Å². The largest absolute Gasteiger partial charge is 0.441 e. The highest BCUT2D eigenvalue weighted by Crippen LogP contribution is 1.87. The molecule has 0 radical (unpaired) electrons. The van der Waals surface area contributed by atoms with E-state index in [1.165, 1.54) is 0 Å². The fourth-order valence-electron chi connectivity index (χ4n) is 0.0609. The Labute approximate surface area is 45.8 Å². The molecule has 0 fully saturated rings. The second-order valence-corrected chi connectivity index (χ2v) is 2.57. The minimum atomic E-state index is -4.25. The molecule has 0 saturated heterocycles. The molecule has 0 saturated carbocycles. The van der Waals surface area contributed by atoms with E-state index in [1.54, 1.807) is 0 Å². The smallest absolute Gasteiger partial charge is 0.247 e. The van der Waals surface area contributed by atoms with Gasteiger partial charge >= 0.3 is 10.0 Å². The standard InChI is InChI=1S/C2H3NO4S/c1-2-8(6,7)3(4)5/h2H,1H2. The van der Waals surface area contributed by atoms with E-state index < -0.39 is 14.4 Å². The van der Waals surface area contributed by atoms with Crippen LogP contribution in [0, 0.1) is 10.1 Å². The summed E-state index contributed by atoms with van der Waals surface area (Å²) >= 11 is 0. The maximum atomic E-state index is 9.88. The highest BCUT2D eigenvalue weighted by Gasteiger charge is 2.15. The van der Waals surface area contributed by atoms with Gasteiger partial charge in [0.1, 0.15) is 0 Å². The molecule has 0 N–H and O–H groups in total. The van der Waals surface area contributed by atoms with E-state index in [0.717, 1.165) is 0 Å². The van der Waals surface area contributed by atoms with Crippen molar-refractivity contribution in [2.24, 2.45) is 0 Å². The highest BCUT2D eigenvalue weighted by molar-refractivity contribution is 7.88. The van der Waals surface area contributed by atoms with Crippen molar-refractivity contribution < 1.29 is 12.7 Å². The number of nitro groups is 1. The van der Waals surface area contributed by atoms with Gasteiger partial charge in [-0.1, -0.05) is 6.58 Å². The molecule has 0 aliphatic heterocycles. The molecule has 8 heavy (non-hydrogen) atoms. The summed E-state index contributed by atoms with van der Waals surface area (Å²) in [5.74, 6) is 0. The SMILES string of the molecule is C=CS(=O)(=O)[N+](=O)[O-]. The summed E-state index contributed by atoms with van der Waals surface area (Å²) in [5, 5.41) is 9.68. The average Bonchev–Trinajstić information content (AvgIpc) is 1.67. The normalized spacial score (nSPS) is 10.5. The monoisotopic (exact) mass is 137 g/mol. The van der Waals surface area contributed by atoms with Crippen molar-refractivity contribution in [3.05, 3.63) is 22.1 Å². The van der Waals surface area contributed by atoms with E-state index in [9.17, 15) is 18.5 Å². The topological polar surface area (TPSA) is 77.3 Å². The minimum absolute atomic E-state index is 0.285. The van der Waals surface area contributed by atoms with Crippen LogP contribution in [0.1, 0.15) is 0 Å². The summed E-state index contributed by atoms with van der Waals surface area (Å²) < 4.78 is 18.4. The Morgan fingerprint density at radius 2 is 2.00 bits per heavy atom. The summed E-state index contributed by atoms with van der Waals surface area (Å²) in [4.78, 5) is 9.40. The summed E-state index contributed by atoms with van der Waals surface area (Å²) in [6.07, 6.45) is 0. The Morgan fingerprint density at radius 1 is 1.62 bits per heavy atom. The molecule has 0 heterocycles. The van der Waals surface area contributed by atoms with Gasteiger partial charge in [0.2, 0.25) is 0 Å². The molecule has 0 unspecified atom stereocenters. The first-order valence-corrected chi connectivity index (χ1v) is 3.03. The van der Waals surface area contributed by atoms with Crippen molar-refractivity contribution in [3.63, 3.8) is 0 Å². The predicted octanol–water partition coefficient (Wildman–Crippen LogP) is -0.264. The molecule has 6 heteroatoms. The maximum Gasteiger partial charge on any atom is 0.441 e. The number of hydrogen-bond donors (Lipinski definition) is 0. The molecule has 0 aromatic rings. The third-order valence-electron chi connectivity index (χ3n) is 0.418. The van der Waals surface area contributed by atoms with E-state index in [4.69, 9.17) is 0 Å². The van der Waals surface area contributed by atoms with Crippen LogP contribution >= 0.6 is 0 Å². The molecule has 0 aliphatic carbocycles. The van der Waals surface area contributed by atoms with Gasteiger partial charge in [0.25, 0.3) is 0 Å². The Bertz CT molecular complexity index is 202. The molecule has 0 amide bonds. The van der Waals surface area contributed by atoms with Crippen molar-refractivity contribution >= 4 is 10.0 Å². The number of sulfonamides is 1. The lowest BCUT2D eigenvalue weighted by Crippen LogP contribution is -2.07. The van der Waals surface area contributed by atoms with Crippen LogP contribution in [0.15, 0.2) is 12.0 Å². The van der Waals surface area contributed by atoms with Gasteiger partial charge in [-0.15, -0.1) is 0 Å². The van der Waals surface area contributed by atoms with Gasteiger partial charge in [0.15, 0.2) is 4.33 Å². The highest BCUT2D eigenvalue weighted by atomic mass is 32.2. The molecule has 0 aliphatic rings. The van der Waals surface area contributed by atoms with Gasteiger partial charge < -0.3 is 0 Å². The number of hydrogen-bond acceptors (Lipinski definition) is 4. The van der Waals surface area contributed by atoms with Crippen molar-refractivity contribution in [2.75, 3.05) is 0 Å². The summed E-state index contributed by atoms with van der Waals surface area (Å²) in [7, 11) is -4.25. The minimum Gasteiger partial charge on any atom is -0.247 e. The van der Waals surface area contributed by atoms with Crippen LogP contribution in [0.25, 0.3) is 0 Å². The van der Waals surface area contributed by atoms with Crippen LogP contribution in [0.5, 0.6) is 0 Å². The molecule has 0 aromatic carbocycles. The lowest BCUT2D eigenvalue weighted by atomic mass is 11.3. The van der Waals surface area contributed by atoms with Gasteiger partial charge in [-0.25, -0.2) is 10.1 Å². The van der Waals surface area contributed by atoms with Crippen molar-refractivity contribution in [2.45, 2.75) is 0 Å². The first-order chi connectivity index (χ1) is 3.50. The Balaban J connectivity index is 4.68. The van der Waals surface area contributed by atoms with Crippen molar-refractivity contribution in [1.82, 2.24) is 0 Å².